The number of rotatable bonds is 4. The fourth-order valence-electron chi connectivity index (χ4n) is 3.22. The lowest BCUT2D eigenvalue weighted by molar-refractivity contribution is -0.142. The first-order valence-electron chi connectivity index (χ1n) is 7.49. The van der Waals surface area contributed by atoms with Crippen LogP contribution in [0, 0.1) is 11.7 Å². The molecule has 1 heterocycles. The largest absolute Gasteiger partial charge is 0.375 e. The predicted octanol–water partition coefficient (Wildman–Crippen LogP) is 3.11. The fraction of sp³-hybridized carbons (Fsp3) is 0.600. The van der Waals surface area contributed by atoms with Crippen LogP contribution in [0.2, 0.25) is 5.02 Å². The number of halogens is 2. The molecule has 3 rings (SSSR count). The monoisotopic (exact) mass is 347 g/mol. The molecule has 0 bridgehead atoms. The Balaban J connectivity index is 1.64. The molecule has 1 atom stereocenters. The van der Waals surface area contributed by atoms with Gasteiger partial charge in [-0.05, 0) is 56.2 Å². The molecule has 1 aliphatic carbocycles. The van der Waals surface area contributed by atoms with Gasteiger partial charge in [0, 0.05) is 18.2 Å². The van der Waals surface area contributed by atoms with Crippen LogP contribution in [0.3, 0.4) is 0 Å². The van der Waals surface area contributed by atoms with Gasteiger partial charge >= 0.3 is 0 Å². The molecule has 1 saturated heterocycles. The molecule has 1 unspecified atom stereocenters. The summed E-state index contributed by atoms with van der Waals surface area (Å²) in [6.07, 6.45) is 4.99. The first-order chi connectivity index (χ1) is 10.4. The van der Waals surface area contributed by atoms with Crippen molar-refractivity contribution in [3.05, 3.63) is 29.0 Å². The van der Waals surface area contributed by atoms with E-state index in [4.69, 9.17) is 16.3 Å². The van der Waals surface area contributed by atoms with Gasteiger partial charge in [-0.2, -0.15) is 0 Å². The second-order valence-corrected chi connectivity index (χ2v) is 8.34. The Hall–Kier alpha value is -0.690. The third kappa shape index (κ3) is 3.30. The molecular formula is C15H19ClFNO3S. The molecule has 2 fully saturated rings. The third-order valence-corrected chi connectivity index (χ3v) is 6.30. The van der Waals surface area contributed by atoms with Crippen molar-refractivity contribution in [3.63, 3.8) is 0 Å². The number of nitrogens with one attached hydrogen (secondary N) is 1. The lowest BCUT2D eigenvalue weighted by Gasteiger charge is -2.47. The highest BCUT2D eigenvalue weighted by atomic mass is 35.5. The van der Waals surface area contributed by atoms with E-state index in [-0.39, 0.29) is 21.4 Å². The first-order valence-corrected chi connectivity index (χ1v) is 9.35. The minimum Gasteiger partial charge on any atom is -0.375 e. The minimum absolute atomic E-state index is 0.0279. The second kappa shape index (κ2) is 6.07. The summed E-state index contributed by atoms with van der Waals surface area (Å²) in [5.41, 5.74) is -0.0279. The highest BCUT2D eigenvalue weighted by Crippen LogP contribution is 2.44. The summed E-state index contributed by atoms with van der Waals surface area (Å²) in [4.78, 5) is -0.359. The minimum atomic E-state index is -3.86. The Morgan fingerprint density at radius 1 is 1.41 bits per heavy atom. The predicted molar refractivity (Wildman–Crippen MR) is 81.9 cm³/mol. The maximum absolute atomic E-state index is 13.8. The maximum atomic E-state index is 13.8. The molecule has 1 N–H and O–H groups in total. The summed E-state index contributed by atoms with van der Waals surface area (Å²) in [5.74, 6) is -0.596. The van der Waals surface area contributed by atoms with Crippen molar-refractivity contribution in [3.8, 4) is 0 Å². The van der Waals surface area contributed by atoms with Gasteiger partial charge in [0.2, 0.25) is 10.0 Å². The lowest BCUT2D eigenvalue weighted by atomic mass is 9.72. The Labute approximate surface area is 135 Å². The summed E-state index contributed by atoms with van der Waals surface area (Å²) in [7, 11) is -3.86. The van der Waals surface area contributed by atoms with E-state index in [1.807, 2.05) is 0 Å². The molecule has 1 aromatic rings. The zero-order chi connectivity index (χ0) is 15.8. The first kappa shape index (κ1) is 16.2. The van der Waals surface area contributed by atoms with Gasteiger partial charge in [0.05, 0.1) is 5.60 Å². The molecule has 0 radical (unpaired) electrons. The maximum Gasteiger partial charge on any atom is 0.243 e. The van der Waals surface area contributed by atoms with Gasteiger partial charge < -0.3 is 4.74 Å². The Morgan fingerprint density at radius 3 is 2.82 bits per heavy atom. The summed E-state index contributed by atoms with van der Waals surface area (Å²) in [6, 6.07) is 3.57. The van der Waals surface area contributed by atoms with E-state index in [2.05, 4.69) is 4.72 Å². The van der Waals surface area contributed by atoms with E-state index in [9.17, 15) is 12.8 Å². The van der Waals surface area contributed by atoms with Crippen molar-refractivity contribution >= 4 is 21.6 Å². The van der Waals surface area contributed by atoms with Crippen LogP contribution in [-0.4, -0.2) is 27.2 Å². The van der Waals surface area contributed by atoms with Crippen LogP contribution in [-0.2, 0) is 14.8 Å². The van der Waals surface area contributed by atoms with Crippen molar-refractivity contribution < 1.29 is 17.5 Å². The van der Waals surface area contributed by atoms with Crippen LogP contribution in [0.1, 0.15) is 32.1 Å². The molecule has 1 aliphatic heterocycles. The van der Waals surface area contributed by atoms with Crippen LogP contribution >= 0.6 is 11.6 Å². The molecule has 22 heavy (non-hydrogen) atoms. The normalized spacial score (nSPS) is 24.2. The average molecular weight is 348 g/mol. The van der Waals surface area contributed by atoms with Crippen LogP contribution in [0.4, 0.5) is 4.39 Å². The molecule has 4 nitrogen and oxygen atoms in total. The number of sulfonamides is 1. The van der Waals surface area contributed by atoms with E-state index in [1.165, 1.54) is 18.6 Å². The highest BCUT2D eigenvalue weighted by Gasteiger charge is 2.42. The zero-order valence-electron chi connectivity index (χ0n) is 12.1. The smallest absolute Gasteiger partial charge is 0.243 e. The van der Waals surface area contributed by atoms with Gasteiger partial charge in [0.1, 0.15) is 10.7 Å². The standard InChI is InChI=1S/C15H19ClFNO3S/c16-12-2-3-14(13(17)8-12)22(19,20)18-10-11-4-7-21-15(9-11)5-1-6-15/h2-3,8,11,18H,1,4-7,9-10H2. The molecule has 2 aliphatic rings. The van der Waals surface area contributed by atoms with Gasteiger partial charge in [-0.1, -0.05) is 11.6 Å². The number of ether oxygens (including phenoxy) is 1. The van der Waals surface area contributed by atoms with E-state index < -0.39 is 15.8 Å². The average Bonchev–Trinajstić information content (AvgIpc) is 2.43. The van der Waals surface area contributed by atoms with Crippen molar-refractivity contribution in [2.24, 2.45) is 5.92 Å². The molecular weight excluding hydrogens is 329 g/mol. The van der Waals surface area contributed by atoms with Gasteiger partial charge in [0.15, 0.2) is 0 Å². The van der Waals surface area contributed by atoms with E-state index >= 15 is 0 Å². The molecule has 1 aromatic carbocycles. The van der Waals surface area contributed by atoms with E-state index in [0.29, 0.717) is 13.2 Å². The quantitative estimate of drug-likeness (QED) is 0.910. The molecule has 122 valence electrons. The Bertz CT molecular complexity index is 661. The molecule has 1 saturated carbocycles. The van der Waals surface area contributed by atoms with Gasteiger partial charge in [-0.25, -0.2) is 17.5 Å². The third-order valence-electron chi connectivity index (χ3n) is 4.61. The van der Waals surface area contributed by atoms with E-state index in [0.717, 1.165) is 31.7 Å². The van der Waals surface area contributed by atoms with Crippen LogP contribution < -0.4 is 4.72 Å². The Kier molecular flexibility index (Phi) is 4.47. The summed E-state index contributed by atoms with van der Waals surface area (Å²) >= 11 is 5.65. The van der Waals surface area contributed by atoms with Crippen LogP contribution in [0.5, 0.6) is 0 Å². The van der Waals surface area contributed by atoms with Crippen molar-refractivity contribution in [1.29, 1.82) is 0 Å². The number of hydrogen-bond acceptors (Lipinski definition) is 3. The lowest BCUT2D eigenvalue weighted by Crippen LogP contribution is -2.47. The van der Waals surface area contributed by atoms with Crippen molar-refractivity contribution in [2.75, 3.05) is 13.2 Å². The van der Waals surface area contributed by atoms with Crippen molar-refractivity contribution in [1.82, 2.24) is 4.72 Å². The van der Waals surface area contributed by atoms with Crippen LogP contribution in [0.15, 0.2) is 23.1 Å². The molecule has 1 spiro atoms. The molecule has 0 aromatic heterocycles. The van der Waals surface area contributed by atoms with Crippen LogP contribution in [0.25, 0.3) is 0 Å². The SMILES string of the molecule is O=S(=O)(NCC1CCOC2(CCC2)C1)c1ccc(Cl)cc1F. The zero-order valence-corrected chi connectivity index (χ0v) is 13.7. The number of benzene rings is 1. The Morgan fingerprint density at radius 2 is 2.18 bits per heavy atom. The highest BCUT2D eigenvalue weighted by molar-refractivity contribution is 7.89. The fourth-order valence-corrected chi connectivity index (χ4v) is 4.55. The van der Waals surface area contributed by atoms with Crippen molar-refractivity contribution in [2.45, 2.75) is 42.6 Å². The number of hydrogen-bond donors (Lipinski definition) is 1. The van der Waals surface area contributed by atoms with E-state index in [1.54, 1.807) is 0 Å². The topological polar surface area (TPSA) is 55.4 Å². The summed E-state index contributed by atoms with van der Waals surface area (Å²) < 4.78 is 46.6. The van der Waals surface area contributed by atoms with Gasteiger partial charge in [-0.3, -0.25) is 0 Å². The second-order valence-electron chi connectivity index (χ2n) is 6.17. The summed E-state index contributed by atoms with van der Waals surface area (Å²) in [6.45, 7) is 0.983. The molecule has 0 amide bonds. The van der Waals surface area contributed by atoms with Gasteiger partial charge in [0.25, 0.3) is 0 Å². The molecule has 7 heteroatoms. The van der Waals surface area contributed by atoms with Gasteiger partial charge in [-0.15, -0.1) is 0 Å². The summed E-state index contributed by atoms with van der Waals surface area (Å²) in [5, 5.41) is 0.174.